The van der Waals surface area contributed by atoms with Gasteiger partial charge in [0.05, 0.1) is 18.8 Å². The summed E-state index contributed by atoms with van der Waals surface area (Å²) in [5, 5.41) is 3.44. The molecule has 0 fully saturated rings. The molecule has 0 amide bonds. The first-order valence-corrected chi connectivity index (χ1v) is 7.15. The maximum atomic E-state index is 6.10. The van der Waals surface area contributed by atoms with Gasteiger partial charge in [-0.1, -0.05) is 44.2 Å². The number of hydrogen-bond acceptors (Lipinski definition) is 3. The summed E-state index contributed by atoms with van der Waals surface area (Å²) in [6, 6.07) is 10.8. The van der Waals surface area contributed by atoms with E-state index in [2.05, 4.69) is 38.2 Å². The molecule has 0 aromatic heterocycles. The summed E-state index contributed by atoms with van der Waals surface area (Å²) in [5.74, 6) is 0. The average Bonchev–Trinajstić information content (AvgIpc) is 2.42. The molecular weight excluding hydrogens is 238 g/mol. The normalized spacial score (nSPS) is 14.6. The van der Waals surface area contributed by atoms with Crippen molar-refractivity contribution < 1.29 is 9.47 Å². The predicted octanol–water partition coefficient (Wildman–Crippen LogP) is 3.17. The molecule has 0 saturated carbocycles. The van der Waals surface area contributed by atoms with Crippen LogP contribution in [0, 0.1) is 0 Å². The second-order valence-electron chi connectivity index (χ2n) is 5.07. The summed E-state index contributed by atoms with van der Waals surface area (Å²) in [4.78, 5) is 0. The first kappa shape index (κ1) is 16.2. The van der Waals surface area contributed by atoms with Crippen LogP contribution >= 0.6 is 0 Å². The minimum atomic E-state index is 0.0686. The SMILES string of the molecule is CCOCC(C)OC(CNC(C)C)c1ccccc1. The Morgan fingerprint density at radius 3 is 2.37 bits per heavy atom. The number of rotatable bonds is 9. The fraction of sp³-hybridized carbons (Fsp3) is 0.625. The summed E-state index contributed by atoms with van der Waals surface area (Å²) in [6.45, 7) is 10.5. The van der Waals surface area contributed by atoms with Crippen LogP contribution < -0.4 is 5.32 Å². The van der Waals surface area contributed by atoms with E-state index in [-0.39, 0.29) is 12.2 Å². The van der Waals surface area contributed by atoms with Crippen molar-refractivity contribution in [2.24, 2.45) is 0 Å². The quantitative estimate of drug-likeness (QED) is 0.744. The molecule has 0 aliphatic carbocycles. The van der Waals surface area contributed by atoms with E-state index in [1.54, 1.807) is 0 Å². The van der Waals surface area contributed by atoms with Crippen LogP contribution in [-0.2, 0) is 9.47 Å². The van der Waals surface area contributed by atoms with Crippen molar-refractivity contribution in [1.29, 1.82) is 0 Å². The van der Waals surface area contributed by atoms with Gasteiger partial charge in [-0.15, -0.1) is 0 Å². The summed E-state index contributed by atoms with van der Waals surface area (Å²) in [6.07, 6.45) is 0.165. The molecule has 1 aromatic rings. The summed E-state index contributed by atoms with van der Waals surface area (Å²) in [7, 11) is 0. The van der Waals surface area contributed by atoms with E-state index >= 15 is 0 Å². The molecule has 0 aliphatic heterocycles. The molecule has 0 radical (unpaired) electrons. The van der Waals surface area contributed by atoms with Crippen molar-refractivity contribution >= 4 is 0 Å². The Morgan fingerprint density at radius 1 is 1.11 bits per heavy atom. The second-order valence-corrected chi connectivity index (χ2v) is 5.07. The average molecular weight is 265 g/mol. The molecule has 108 valence electrons. The molecular formula is C16H27NO2. The Bertz CT molecular complexity index is 327. The van der Waals surface area contributed by atoms with E-state index in [1.165, 1.54) is 5.56 Å². The highest BCUT2D eigenvalue weighted by Gasteiger charge is 2.15. The third kappa shape index (κ3) is 6.71. The van der Waals surface area contributed by atoms with Gasteiger partial charge in [0.2, 0.25) is 0 Å². The molecule has 1 aromatic carbocycles. The van der Waals surface area contributed by atoms with Gasteiger partial charge in [0.15, 0.2) is 0 Å². The first-order valence-electron chi connectivity index (χ1n) is 7.15. The number of hydrogen-bond donors (Lipinski definition) is 1. The van der Waals surface area contributed by atoms with Crippen LogP contribution in [0.25, 0.3) is 0 Å². The number of ether oxygens (including phenoxy) is 2. The first-order chi connectivity index (χ1) is 9.13. The van der Waals surface area contributed by atoms with Gasteiger partial charge in [-0.25, -0.2) is 0 Å². The Balaban J connectivity index is 2.59. The lowest BCUT2D eigenvalue weighted by Crippen LogP contribution is -2.31. The fourth-order valence-corrected chi connectivity index (χ4v) is 1.86. The lowest BCUT2D eigenvalue weighted by molar-refractivity contribution is -0.0475. The minimum Gasteiger partial charge on any atom is -0.379 e. The summed E-state index contributed by atoms with van der Waals surface area (Å²) >= 11 is 0. The number of nitrogens with one attached hydrogen (secondary N) is 1. The largest absolute Gasteiger partial charge is 0.379 e. The molecule has 0 aliphatic rings. The van der Waals surface area contributed by atoms with Crippen LogP contribution in [0.2, 0.25) is 0 Å². The molecule has 2 unspecified atom stereocenters. The zero-order valence-electron chi connectivity index (χ0n) is 12.6. The van der Waals surface area contributed by atoms with E-state index in [4.69, 9.17) is 9.47 Å². The third-order valence-corrected chi connectivity index (χ3v) is 2.84. The molecule has 1 N–H and O–H groups in total. The molecule has 0 spiro atoms. The Kier molecular flexibility index (Phi) is 7.72. The highest BCUT2D eigenvalue weighted by Crippen LogP contribution is 2.18. The summed E-state index contributed by atoms with van der Waals surface area (Å²) < 4.78 is 11.5. The predicted molar refractivity (Wildman–Crippen MR) is 79.4 cm³/mol. The maximum Gasteiger partial charge on any atom is 0.0954 e. The van der Waals surface area contributed by atoms with Crippen LogP contribution in [0.15, 0.2) is 30.3 Å². The van der Waals surface area contributed by atoms with E-state index in [0.29, 0.717) is 12.6 Å². The van der Waals surface area contributed by atoms with Gasteiger partial charge < -0.3 is 14.8 Å². The van der Waals surface area contributed by atoms with Crippen molar-refractivity contribution in [1.82, 2.24) is 5.32 Å². The highest BCUT2D eigenvalue weighted by molar-refractivity contribution is 5.18. The van der Waals surface area contributed by atoms with Crippen molar-refractivity contribution in [2.75, 3.05) is 19.8 Å². The lowest BCUT2D eigenvalue weighted by atomic mass is 10.1. The van der Waals surface area contributed by atoms with Gasteiger partial charge in [-0.2, -0.15) is 0 Å². The van der Waals surface area contributed by atoms with E-state index in [0.717, 1.165) is 13.2 Å². The minimum absolute atomic E-state index is 0.0686. The zero-order chi connectivity index (χ0) is 14.1. The van der Waals surface area contributed by atoms with Gasteiger partial charge in [0, 0.05) is 19.2 Å². The van der Waals surface area contributed by atoms with E-state index < -0.39 is 0 Å². The maximum absolute atomic E-state index is 6.10. The molecule has 0 heterocycles. The van der Waals surface area contributed by atoms with E-state index in [9.17, 15) is 0 Å². The van der Waals surface area contributed by atoms with Crippen molar-refractivity contribution in [2.45, 2.75) is 45.9 Å². The molecule has 19 heavy (non-hydrogen) atoms. The van der Waals surface area contributed by atoms with Gasteiger partial charge in [-0.05, 0) is 19.4 Å². The molecule has 3 heteroatoms. The Hall–Kier alpha value is -0.900. The van der Waals surface area contributed by atoms with Crippen LogP contribution in [0.3, 0.4) is 0 Å². The molecule has 2 atom stereocenters. The highest BCUT2D eigenvalue weighted by atomic mass is 16.5. The summed E-state index contributed by atoms with van der Waals surface area (Å²) in [5.41, 5.74) is 1.21. The van der Waals surface area contributed by atoms with Crippen LogP contribution in [-0.4, -0.2) is 31.9 Å². The monoisotopic (exact) mass is 265 g/mol. The standard InChI is InChI=1S/C16H27NO2/c1-5-18-12-14(4)19-16(11-17-13(2)3)15-9-7-6-8-10-15/h6-10,13-14,16-17H,5,11-12H2,1-4H3. The smallest absolute Gasteiger partial charge is 0.0954 e. The molecule has 0 bridgehead atoms. The van der Waals surface area contributed by atoms with Gasteiger partial charge in [0.25, 0.3) is 0 Å². The van der Waals surface area contributed by atoms with Crippen LogP contribution in [0.1, 0.15) is 39.4 Å². The van der Waals surface area contributed by atoms with Crippen molar-refractivity contribution in [3.05, 3.63) is 35.9 Å². The topological polar surface area (TPSA) is 30.5 Å². The second kappa shape index (κ2) is 9.08. The zero-order valence-corrected chi connectivity index (χ0v) is 12.6. The van der Waals surface area contributed by atoms with Crippen LogP contribution in [0.4, 0.5) is 0 Å². The van der Waals surface area contributed by atoms with Crippen molar-refractivity contribution in [3.63, 3.8) is 0 Å². The number of benzene rings is 1. The lowest BCUT2D eigenvalue weighted by Gasteiger charge is -2.24. The molecule has 0 saturated heterocycles. The Morgan fingerprint density at radius 2 is 1.79 bits per heavy atom. The Labute approximate surface area is 117 Å². The fourth-order valence-electron chi connectivity index (χ4n) is 1.86. The van der Waals surface area contributed by atoms with Crippen molar-refractivity contribution in [3.8, 4) is 0 Å². The van der Waals surface area contributed by atoms with E-state index in [1.807, 2.05) is 25.1 Å². The van der Waals surface area contributed by atoms with Gasteiger partial charge in [-0.3, -0.25) is 0 Å². The van der Waals surface area contributed by atoms with Gasteiger partial charge in [0.1, 0.15) is 0 Å². The van der Waals surface area contributed by atoms with Gasteiger partial charge >= 0.3 is 0 Å². The molecule has 3 nitrogen and oxygen atoms in total. The van der Waals surface area contributed by atoms with Crippen LogP contribution in [0.5, 0.6) is 0 Å². The molecule has 1 rings (SSSR count). The third-order valence-electron chi connectivity index (χ3n) is 2.84.